The third-order valence-corrected chi connectivity index (χ3v) is 5.71. The van der Waals surface area contributed by atoms with Gasteiger partial charge in [0.15, 0.2) is 0 Å². The van der Waals surface area contributed by atoms with Gasteiger partial charge in [0.25, 0.3) is 0 Å². The first kappa shape index (κ1) is 18.2. The number of hydrogen-bond donors (Lipinski definition) is 0. The summed E-state index contributed by atoms with van der Waals surface area (Å²) < 4.78 is 10.8. The first-order valence-electron chi connectivity index (χ1n) is 8.66. The van der Waals surface area contributed by atoms with Gasteiger partial charge in [-0.25, -0.2) is 4.98 Å². The Morgan fingerprint density at radius 2 is 2.12 bits per heavy atom. The summed E-state index contributed by atoms with van der Waals surface area (Å²) in [5.74, 6) is 1.59. The van der Waals surface area contributed by atoms with Gasteiger partial charge in [-0.05, 0) is 45.6 Å². The Morgan fingerprint density at radius 1 is 1.28 bits per heavy atom. The van der Waals surface area contributed by atoms with Crippen LogP contribution in [0, 0.1) is 0 Å². The second-order valence-corrected chi connectivity index (χ2v) is 7.56. The van der Waals surface area contributed by atoms with Crippen molar-refractivity contribution in [1.29, 1.82) is 0 Å². The van der Waals surface area contributed by atoms with E-state index in [1.54, 1.807) is 25.6 Å². The number of rotatable bonds is 6. The highest BCUT2D eigenvalue weighted by molar-refractivity contribution is 7.13. The van der Waals surface area contributed by atoms with Crippen LogP contribution < -0.4 is 9.47 Å². The molecular formula is C19H27N3O2S. The zero-order chi connectivity index (χ0) is 17.8. The number of piperidine rings is 1. The molecule has 2 heterocycles. The predicted octanol–water partition coefficient (Wildman–Crippen LogP) is 3.35. The van der Waals surface area contributed by atoms with E-state index in [2.05, 4.69) is 29.3 Å². The Bertz CT molecular complexity index is 702. The summed E-state index contributed by atoms with van der Waals surface area (Å²) in [6, 6.07) is 6.52. The van der Waals surface area contributed by atoms with E-state index in [0.29, 0.717) is 6.04 Å². The summed E-state index contributed by atoms with van der Waals surface area (Å²) in [5.41, 5.74) is 2.15. The molecule has 1 unspecified atom stereocenters. The molecule has 6 heteroatoms. The van der Waals surface area contributed by atoms with Gasteiger partial charge in [-0.15, -0.1) is 11.3 Å². The van der Waals surface area contributed by atoms with Crippen molar-refractivity contribution < 1.29 is 9.47 Å². The number of methoxy groups -OCH3 is 2. The third-order valence-electron chi connectivity index (χ3n) is 4.79. The fraction of sp³-hybridized carbons (Fsp3) is 0.526. The number of likely N-dealkylation sites (N-methyl/N-ethyl adjacent to an activating group) is 1. The van der Waals surface area contributed by atoms with Crippen molar-refractivity contribution in [3.63, 3.8) is 0 Å². The van der Waals surface area contributed by atoms with E-state index < -0.39 is 0 Å². The van der Waals surface area contributed by atoms with Crippen LogP contribution in [0.1, 0.15) is 18.5 Å². The van der Waals surface area contributed by atoms with Crippen LogP contribution >= 0.6 is 11.3 Å². The lowest BCUT2D eigenvalue weighted by Gasteiger charge is -2.35. The number of thiazole rings is 1. The number of ether oxygens (including phenoxy) is 2. The van der Waals surface area contributed by atoms with Gasteiger partial charge in [0, 0.05) is 30.6 Å². The highest BCUT2D eigenvalue weighted by Crippen LogP contribution is 2.35. The molecule has 0 amide bonds. The average Bonchev–Trinajstić information content (AvgIpc) is 3.09. The average molecular weight is 362 g/mol. The first-order valence-corrected chi connectivity index (χ1v) is 9.54. The van der Waals surface area contributed by atoms with E-state index >= 15 is 0 Å². The number of likely N-dealkylation sites (tertiary alicyclic amines) is 1. The van der Waals surface area contributed by atoms with E-state index in [0.717, 1.165) is 47.4 Å². The smallest absolute Gasteiger partial charge is 0.132 e. The lowest BCUT2D eigenvalue weighted by atomic mass is 10.0. The van der Waals surface area contributed by atoms with Gasteiger partial charge < -0.3 is 14.4 Å². The van der Waals surface area contributed by atoms with Crippen molar-refractivity contribution in [2.75, 3.05) is 41.4 Å². The number of aromatic nitrogens is 1. The maximum atomic E-state index is 5.51. The molecule has 0 aliphatic carbocycles. The molecule has 0 spiro atoms. The molecule has 136 valence electrons. The Morgan fingerprint density at radius 3 is 2.84 bits per heavy atom. The summed E-state index contributed by atoms with van der Waals surface area (Å²) in [6.45, 7) is 3.19. The van der Waals surface area contributed by atoms with Crippen molar-refractivity contribution in [2.24, 2.45) is 0 Å². The molecule has 1 aliphatic rings. The number of nitrogens with zero attached hydrogens (tertiary/aromatic N) is 3. The molecule has 2 aromatic rings. The maximum Gasteiger partial charge on any atom is 0.132 e. The van der Waals surface area contributed by atoms with Gasteiger partial charge in [-0.3, -0.25) is 4.90 Å². The van der Waals surface area contributed by atoms with Gasteiger partial charge in [0.05, 0.1) is 25.5 Å². The molecule has 1 aliphatic heterocycles. The fourth-order valence-electron chi connectivity index (χ4n) is 3.30. The van der Waals surface area contributed by atoms with Crippen LogP contribution in [0.2, 0.25) is 0 Å². The Kier molecular flexibility index (Phi) is 5.93. The summed E-state index contributed by atoms with van der Waals surface area (Å²) in [7, 11) is 7.69. The van der Waals surface area contributed by atoms with Gasteiger partial charge in [-0.1, -0.05) is 0 Å². The minimum Gasteiger partial charge on any atom is -0.497 e. The van der Waals surface area contributed by atoms with Crippen molar-refractivity contribution in [3.8, 4) is 22.1 Å². The lowest BCUT2D eigenvalue weighted by molar-refractivity contribution is 0.127. The van der Waals surface area contributed by atoms with E-state index in [4.69, 9.17) is 14.5 Å². The minimum atomic E-state index is 0.647. The van der Waals surface area contributed by atoms with Crippen LogP contribution in [-0.2, 0) is 6.54 Å². The van der Waals surface area contributed by atoms with Crippen LogP contribution in [0.15, 0.2) is 23.6 Å². The van der Waals surface area contributed by atoms with E-state index in [-0.39, 0.29) is 0 Å². The molecule has 0 N–H and O–H groups in total. The highest BCUT2D eigenvalue weighted by atomic mass is 32.1. The van der Waals surface area contributed by atoms with Gasteiger partial charge >= 0.3 is 0 Å². The van der Waals surface area contributed by atoms with E-state index in [9.17, 15) is 0 Å². The molecule has 3 rings (SSSR count). The van der Waals surface area contributed by atoms with Crippen molar-refractivity contribution in [3.05, 3.63) is 29.3 Å². The molecule has 5 nitrogen and oxygen atoms in total. The molecule has 1 aromatic heterocycles. The Hall–Kier alpha value is -1.63. The molecule has 0 saturated carbocycles. The normalized spacial score (nSPS) is 18.5. The fourth-order valence-corrected chi connectivity index (χ4v) is 4.14. The third kappa shape index (κ3) is 4.32. The highest BCUT2D eigenvalue weighted by Gasteiger charge is 2.22. The van der Waals surface area contributed by atoms with Crippen molar-refractivity contribution in [2.45, 2.75) is 25.4 Å². The van der Waals surface area contributed by atoms with Gasteiger partial charge in [0.1, 0.15) is 16.5 Å². The van der Waals surface area contributed by atoms with Gasteiger partial charge in [0.2, 0.25) is 0 Å². The summed E-state index contributed by atoms with van der Waals surface area (Å²) >= 11 is 1.67. The van der Waals surface area contributed by atoms with E-state index in [1.165, 1.54) is 12.8 Å². The largest absolute Gasteiger partial charge is 0.497 e. The van der Waals surface area contributed by atoms with E-state index in [1.807, 2.05) is 18.2 Å². The SMILES string of the molecule is COc1ccc(-c2nc(CN3CCCC(N(C)C)C3)cs2)c(OC)c1. The number of hydrogen-bond acceptors (Lipinski definition) is 6. The minimum absolute atomic E-state index is 0.647. The van der Waals surface area contributed by atoms with Gasteiger partial charge in [-0.2, -0.15) is 0 Å². The number of benzene rings is 1. The molecule has 25 heavy (non-hydrogen) atoms. The quantitative estimate of drug-likeness (QED) is 0.789. The molecular weight excluding hydrogens is 334 g/mol. The lowest BCUT2D eigenvalue weighted by Crippen LogP contribution is -2.44. The predicted molar refractivity (Wildman–Crippen MR) is 103 cm³/mol. The summed E-state index contributed by atoms with van der Waals surface area (Å²) in [4.78, 5) is 9.70. The molecule has 0 bridgehead atoms. The second-order valence-electron chi connectivity index (χ2n) is 6.70. The van der Waals surface area contributed by atoms with Crippen LogP contribution in [0.25, 0.3) is 10.6 Å². The monoisotopic (exact) mass is 361 g/mol. The maximum absolute atomic E-state index is 5.51. The van der Waals surface area contributed by atoms with Crippen LogP contribution in [-0.4, -0.2) is 62.2 Å². The van der Waals surface area contributed by atoms with Crippen molar-refractivity contribution >= 4 is 11.3 Å². The zero-order valence-electron chi connectivity index (χ0n) is 15.5. The topological polar surface area (TPSA) is 37.8 Å². The summed E-state index contributed by atoms with van der Waals surface area (Å²) in [6.07, 6.45) is 2.54. The Balaban J connectivity index is 1.72. The molecule has 1 aromatic carbocycles. The molecule has 1 fully saturated rings. The van der Waals surface area contributed by atoms with Crippen LogP contribution in [0.5, 0.6) is 11.5 Å². The van der Waals surface area contributed by atoms with Crippen LogP contribution in [0.3, 0.4) is 0 Å². The summed E-state index contributed by atoms with van der Waals surface area (Å²) in [5, 5.41) is 3.16. The second kappa shape index (κ2) is 8.17. The molecule has 1 saturated heterocycles. The van der Waals surface area contributed by atoms with Crippen LogP contribution in [0.4, 0.5) is 0 Å². The first-order chi connectivity index (χ1) is 12.1. The molecule has 1 atom stereocenters. The standard InChI is InChI=1S/C19H27N3O2S/c1-21(2)15-6-5-9-22(12-15)11-14-13-25-19(20-14)17-8-7-16(23-3)10-18(17)24-4/h7-8,10,13,15H,5-6,9,11-12H2,1-4H3. The van der Waals surface area contributed by atoms with Crippen molar-refractivity contribution in [1.82, 2.24) is 14.8 Å². The Labute approximate surface area is 154 Å². The zero-order valence-corrected chi connectivity index (χ0v) is 16.3. The molecule has 0 radical (unpaired) electrons.